The van der Waals surface area contributed by atoms with Crippen molar-refractivity contribution in [3.8, 4) is 11.3 Å². The average Bonchev–Trinajstić information content (AvgIpc) is 2.91. The van der Waals surface area contributed by atoms with Gasteiger partial charge in [-0.3, -0.25) is 10.2 Å². The number of nitrogens with zero attached hydrogens (tertiary/aromatic N) is 2. The maximum atomic E-state index is 12.0. The number of thiophene rings is 1. The highest BCUT2D eigenvalue weighted by Gasteiger charge is 2.17. The Morgan fingerprint density at radius 1 is 1.26 bits per heavy atom. The van der Waals surface area contributed by atoms with Gasteiger partial charge >= 0.3 is 0 Å². The molecule has 0 atom stereocenters. The van der Waals surface area contributed by atoms with Gasteiger partial charge in [-0.2, -0.15) is 0 Å². The van der Waals surface area contributed by atoms with Crippen LogP contribution in [0, 0.1) is 0 Å². The Kier molecular flexibility index (Phi) is 4.36. The Morgan fingerprint density at radius 2 is 2.04 bits per heavy atom. The SMILES string of the molecule is CNNC(=O)c1cc2c(-c3ccc(Cl)cc3Cl)nc(N)nc2s1. The number of hydrazine groups is 1. The van der Waals surface area contributed by atoms with Crippen LogP contribution in [0.25, 0.3) is 21.5 Å². The van der Waals surface area contributed by atoms with Gasteiger partial charge < -0.3 is 5.73 Å². The van der Waals surface area contributed by atoms with Crippen LogP contribution in [0.1, 0.15) is 9.67 Å². The zero-order valence-electron chi connectivity index (χ0n) is 11.9. The molecule has 0 aliphatic rings. The van der Waals surface area contributed by atoms with Crippen LogP contribution in [0.3, 0.4) is 0 Å². The molecule has 2 heterocycles. The van der Waals surface area contributed by atoms with Crippen LogP contribution in [0.4, 0.5) is 5.95 Å². The first-order chi connectivity index (χ1) is 11.0. The number of halogens is 2. The molecule has 0 fully saturated rings. The minimum Gasteiger partial charge on any atom is -0.368 e. The van der Waals surface area contributed by atoms with E-state index in [1.54, 1.807) is 31.3 Å². The van der Waals surface area contributed by atoms with Gasteiger partial charge in [0.25, 0.3) is 5.91 Å². The highest BCUT2D eigenvalue weighted by Crippen LogP contribution is 2.36. The summed E-state index contributed by atoms with van der Waals surface area (Å²) in [6, 6.07) is 6.82. The van der Waals surface area contributed by atoms with E-state index in [1.165, 1.54) is 11.3 Å². The van der Waals surface area contributed by atoms with Gasteiger partial charge in [0.05, 0.1) is 15.6 Å². The van der Waals surface area contributed by atoms with Crippen molar-refractivity contribution in [3.63, 3.8) is 0 Å². The molecule has 1 aromatic carbocycles. The Hall–Kier alpha value is -1.93. The fraction of sp³-hybridized carbons (Fsp3) is 0.0714. The van der Waals surface area contributed by atoms with Crippen LogP contribution < -0.4 is 16.6 Å². The molecule has 3 rings (SSSR count). The van der Waals surface area contributed by atoms with Gasteiger partial charge in [-0.25, -0.2) is 15.4 Å². The minimum atomic E-state index is -0.262. The number of hydrogen-bond acceptors (Lipinski definition) is 6. The van der Waals surface area contributed by atoms with Crippen molar-refractivity contribution in [2.24, 2.45) is 0 Å². The molecule has 0 saturated heterocycles. The molecule has 0 unspecified atom stereocenters. The fourth-order valence-corrected chi connectivity index (χ4v) is 3.54. The van der Waals surface area contributed by atoms with E-state index in [1.807, 2.05) is 0 Å². The highest BCUT2D eigenvalue weighted by molar-refractivity contribution is 7.20. The number of hydrogen-bond donors (Lipinski definition) is 3. The number of nitrogens with one attached hydrogen (secondary N) is 2. The number of carbonyl (C=O) groups is 1. The van der Waals surface area contributed by atoms with E-state index in [0.29, 0.717) is 36.4 Å². The van der Waals surface area contributed by atoms with Crippen molar-refractivity contribution in [3.05, 3.63) is 39.2 Å². The van der Waals surface area contributed by atoms with Crippen LogP contribution in [0.15, 0.2) is 24.3 Å². The molecule has 0 spiro atoms. The molecule has 118 valence electrons. The van der Waals surface area contributed by atoms with Crippen LogP contribution in [0.2, 0.25) is 10.0 Å². The highest BCUT2D eigenvalue weighted by atomic mass is 35.5. The van der Waals surface area contributed by atoms with E-state index in [9.17, 15) is 4.79 Å². The summed E-state index contributed by atoms with van der Waals surface area (Å²) in [5.74, 6) is -0.150. The second-order valence-corrected chi connectivity index (χ2v) is 6.46. The number of aromatic nitrogens is 2. The van der Waals surface area contributed by atoms with E-state index in [0.717, 1.165) is 0 Å². The average molecular weight is 368 g/mol. The van der Waals surface area contributed by atoms with E-state index in [2.05, 4.69) is 20.8 Å². The zero-order valence-corrected chi connectivity index (χ0v) is 14.2. The quantitative estimate of drug-likeness (QED) is 0.618. The molecule has 0 saturated carbocycles. The lowest BCUT2D eigenvalue weighted by molar-refractivity contribution is 0.0942. The standard InChI is InChI=1S/C14H11Cl2N5OS/c1-18-21-12(22)10-5-8-11(19-14(17)20-13(8)23-10)7-3-2-6(15)4-9(7)16/h2-5,18H,1H3,(H,21,22)(H2,17,19,20). The molecule has 4 N–H and O–H groups in total. The summed E-state index contributed by atoms with van der Waals surface area (Å²) >= 11 is 13.4. The van der Waals surface area contributed by atoms with E-state index >= 15 is 0 Å². The molecule has 9 heteroatoms. The second-order valence-electron chi connectivity index (χ2n) is 4.59. The zero-order chi connectivity index (χ0) is 16.6. The summed E-state index contributed by atoms with van der Waals surface area (Å²) in [6.07, 6.45) is 0. The fourth-order valence-electron chi connectivity index (χ4n) is 2.11. The predicted molar refractivity (Wildman–Crippen MR) is 93.8 cm³/mol. The number of fused-ring (bicyclic) bond motifs is 1. The Morgan fingerprint density at radius 3 is 2.74 bits per heavy atom. The summed E-state index contributed by atoms with van der Waals surface area (Å²) in [6.45, 7) is 0. The molecule has 0 aliphatic carbocycles. The van der Waals surface area contributed by atoms with Gasteiger partial charge in [0, 0.05) is 23.0 Å². The smallest absolute Gasteiger partial charge is 0.275 e. The number of nitrogen functional groups attached to an aromatic ring is 1. The number of rotatable bonds is 3. The summed E-state index contributed by atoms with van der Waals surface area (Å²) in [7, 11) is 1.61. The van der Waals surface area contributed by atoms with Crippen LogP contribution in [-0.2, 0) is 0 Å². The van der Waals surface area contributed by atoms with Gasteiger partial charge in [-0.05, 0) is 24.3 Å². The Bertz CT molecular complexity index is 912. The van der Waals surface area contributed by atoms with Crippen LogP contribution in [-0.4, -0.2) is 22.9 Å². The van der Waals surface area contributed by atoms with Crippen LogP contribution >= 0.6 is 34.5 Å². The van der Waals surface area contributed by atoms with Crippen molar-refractivity contribution in [2.45, 2.75) is 0 Å². The molecule has 2 aromatic heterocycles. The first kappa shape index (κ1) is 15.9. The van der Waals surface area contributed by atoms with Gasteiger partial charge in [0.15, 0.2) is 0 Å². The third-order valence-electron chi connectivity index (χ3n) is 3.06. The molecule has 6 nitrogen and oxygen atoms in total. The largest absolute Gasteiger partial charge is 0.368 e. The predicted octanol–water partition coefficient (Wildman–Crippen LogP) is 3.11. The number of nitrogens with two attached hydrogens (primary N) is 1. The van der Waals surface area contributed by atoms with Gasteiger partial charge in [0.2, 0.25) is 5.95 Å². The maximum absolute atomic E-state index is 12.0. The Labute approximate surface area is 145 Å². The number of benzene rings is 1. The summed E-state index contributed by atoms with van der Waals surface area (Å²) in [5, 5.41) is 1.68. The van der Waals surface area contributed by atoms with Gasteiger partial charge in [-0.1, -0.05) is 23.2 Å². The summed E-state index contributed by atoms with van der Waals surface area (Å²) < 4.78 is 0. The van der Waals surface area contributed by atoms with Gasteiger partial charge in [-0.15, -0.1) is 11.3 Å². The first-order valence-electron chi connectivity index (χ1n) is 6.49. The number of amides is 1. The molecular weight excluding hydrogens is 357 g/mol. The van der Waals surface area contributed by atoms with E-state index in [-0.39, 0.29) is 11.9 Å². The van der Waals surface area contributed by atoms with Crippen molar-refractivity contribution >= 4 is 56.6 Å². The lowest BCUT2D eigenvalue weighted by atomic mass is 10.1. The minimum absolute atomic E-state index is 0.112. The number of anilines is 1. The molecule has 0 bridgehead atoms. The van der Waals surface area contributed by atoms with Crippen molar-refractivity contribution in [1.29, 1.82) is 0 Å². The van der Waals surface area contributed by atoms with E-state index in [4.69, 9.17) is 28.9 Å². The topological polar surface area (TPSA) is 92.9 Å². The molecule has 1 amide bonds. The van der Waals surface area contributed by atoms with Crippen LogP contribution in [0.5, 0.6) is 0 Å². The molecule has 3 aromatic rings. The van der Waals surface area contributed by atoms with Crippen molar-refractivity contribution in [2.75, 3.05) is 12.8 Å². The maximum Gasteiger partial charge on any atom is 0.275 e. The summed E-state index contributed by atoms with van der Waals surface area (Å²) in [5.41, 5.74) is 12.1. The molecule has 0 radical (unpaired) electrons. The number of carbonyl (C=O) groups excluding carboxylic acids is 1. The molecular formula is C14H11Cl2N5OS. The Balaban J connectivity index is 2.22. The molecule has 23 heavy (non-hydrogen) atoms. The summed E-state index contributed by atoms with van der Waals surface area (Å²) in [4.78, 5) is 21.5. The van der Waals surface area contributed by atoms with Gasteiger partial charge in [0.1, 0.15) is 4.83 Å². The van der Waals surface area contributed by atoms with E-state index < -0.39 is 0 Å². The normalized spacial score (nSPS) is 10.9. The lowest BCUT2D eigenvalue weighted by Gasteiger charge is -2.06. The monoisotopic (exact) mass is 367 g/mol. The van der Waals surface area contributed by atoms with Crippen molar-refractivity contribution in [1.82, 2.24) is 20.8 Å². The second kappa shape index (κ2) is 6.29. The third kappa shape index (κ3) is 3.09. The first-order valence-corrected chi connectivity index (χ1v) is 8.06. The third-order valence-corrected chi connectivity index (χ3v) is 4.63. The molecule has 0 aliphatic heterocycles. The van der Waals surface area contributed by atoms with Crippen molar-refractivity contribution < 1.29 is 4.79 Å². The lowest BCUT2D eigenvalue weighted by Crippen LogP contribution is -2.33.